The first-order chi connectivity index (χ1) is 14.5. The summed E-state index contributed by atoms with van der Waals surface area (Å²) in [5.41, 5.74) is 6.67. The molecule has 6 N–H and O–H groups in total. The number of aliphatic hydroxyl groups excluding tert-OH is 1. The van der Waals surface area contributed by atoms with Crippen LogP contribution in [0.15, 0.2) is 18.2 Å². The van der Waals surface area contributed by atoms with Gasteiger partial charge in [-0.1, -0.05) is 12.1 Å². The van der Waals surface area contributed by atoms with Crippen LogP contribution in [0, 0.1) is 5.92 Å². The van der Waals surface area contributed by atoms with Crippen molar-refractivity contribution in [3.63, 3.8) is 0 Å². The van der Waals surface area contributed by atoms with Crippen LogP contribution in [0.4, 0.5) is 0 Å². The number of aromatic nitrogens is 2. The highest BCUT2D eigenvalue weighted by atomic mass is 16.5. The highest BCUT2D eigenvalue weighted by Gasteiger charge is 2.48. The molecular weight excluding hydrogens is 398 g/mol. The van der Waals surface area contributed by atoms with E-state index in [0.717, 1.165) is 11.3 Å². The van der Waals surface area contributed by atoms with Crippen molar-refractivity contribution in [3.05, 3.63) is 29.6 Å². The van der Waals surface area contributed by atoms with Gasteiger partial charge in [-0.25, -0.2) is 4.98 Å². The lowest BCUT2D eigenvalue weighted by atomic mass is 9.75. The van der Waals surface area contributed by atoms with Gasteiger partial charge in [0.1, 0.15) is 18.2 Å². The SMILES string of the molecule is CC1(C)CC(C(=O)OC2CNC(c3nc4c(C(N)O)cccc4[nH]3)C2)CC(C)(C)N1O. The molecule has 2 aliphatic heterocycles. The molecule has 2 aromatic rings. The van der Waals surface area contributed by atoms with E-state index in [4.69, 9.17) is 10.5 Å². The van der Waals surface area contributed by atoms with Gasteiger partial charge < -0.3 is 31.1 Å². The lowest BCUT2D eigenvalue weighted by Crippen LogP contribution is -2.60. The summed E-state index contributed by atoms with van der Waals surface area (Å²) in [6.07, 6.45) is 0.358. The molecule has 2 aliphatic rings. The second kappa shape index (κ2) is 7.83. The molecule has 9 heteroatoms. The molecule has 3 unspecified atom stereocenters. The van der Waals surface area contributed by atoms with E-state index in [1.807, 2.05) is 39.8 Å². The van der Waals surface area contributed by atoms with Crippen molar-refractivity contribution < 1.29 is 19.8 Å². The molecular formula is C22H33N5O4. The smallest absolute Gasteiger partial charge is 0.309 e. The minimum absolute atomic E-state index is 0.0832. The number of hydrogen-bond donors (Lipinski definition) is 5. The molecule has 3 atom stereocenters. The number of hydrogen-bond acceptors (Lipinski definition) is 8. The molecule has 31 heavy (non-hydrogen) atoms. The Labute approximate surface area is 181 Å². The molecule has 2 fully saturated rings. The van der Waals surface area contributed by atoms with Gasteiger partial charge in [-0.3, -0.25) is 4.79 Å². The van der Waals surface area contributed by atoms with Gasteiger partial charge in [0.15, 0.2) is 0 Å². The Bertz CT molecular complexity index is 952. The average molecular weight is 432 g/mol. The first-order valence-corrected chi connectivity index (χ1v) is 10.8. The Hall–Kier alpha value is -2.04. The number of ether oxygens (including phenoxy) is 1. The fourth-order valence-corrected chi connectivity index (χ4v) is 5.18. The van der Waals surface area contributed by atoms with Gasteiger partial charge in [0.05, 0.1) is 23.0 Å². The van der Waals surface area contributed by atoms with Crippen LogP contribution < -0.4 is 11.1 Å². The van der Waals surface area contributed by atoms with Gasteiger partial charge in [-0.15, -0.1) is 0 Å². The van der Waals surface area contributed by atoms with Crippen LogP contribution in [0.1, 0.15) is 70.6 Å². The maximum absolute atomic E-state index is 12.9. The van der Waals surface area contributed by atoms with Crippen LogP contribution in [0.3, 0.4) is 0 Å². The number of aliphatic hydroxyl groups is 1. The zero-order chi connectivity index (χ0) is 22.6. The molecule has 0 spiro atoms. The van der Waals surface area contributed by atoms with Gasteiger partial charge in [-0.05, 0) is 46.6 Å². The van der Waals surface area contributed by atoms with Gasteiger partial charge in [0.2, 0.25) is 0 Å². The number of aromatic amines is 1. The standard InChI is InChI=1S/C22H33N5O4/c1-21(2)9-12(10-22(3,4)27(21)30)20(29)31-13-8-16(24-11-13)19-25-15-7-5-6-14(18(23)28)17(15)26-19/h5-7,12-13,16,18,24,28,30H,8-11,23H2,1-4H3,(H,25,26). The monoisotopic (exact) mass is 431 g/mol. The fraction of sp³-hybridized carbons (Fsp3) is 0.636. The van der Waals surface area contributed by atoms with Crippen molar-refractivity contribution in [1.29, 1.82) is 0 Å². The van der Waals surface area contributed by atoms with Crippen LogP contribution in [0.25, 0.3) is 11.0 Å². The first kappa shape index (κ1) is 22.2. The summed E-state index contributed by atoms with van der Waals surface area (Å²) in [6.45, 7) is 8.31. The molecule has 9 nitrogen and oxygen atoms in total. The van der Waals surface area contributed by atoms with Crippen LogP contribution in [-0.2, 0) is 9.53 Å². The van der Waals surface area contributed by atoms with E-state index in [-0.39, 0.29) is 24.0 Å². The number of nitrogens with two attached hydrogens (primary N) is 1. The van der Waals surface area contributed by atoms with Crippen LogP contribution in [0.5, 0.6) is 0 Å². The Balaban J connectivity index is 1.42. The summed E-state index contributed by atoms with van der Waals surface area (Å²) >= 11 is 0. The van der Waals surface area contributed by atoms with E-state index in [1.54, 1.807) is 6.07 Å². The second-order valence-corrected chi connectivity index (χ2v) is 10.1. The van der Waals surface area contributed by atoms with E-state index in [1.165, 1.54) is 5.06 Å². The van der Waals surface area contributed by atoms with Crippen LogP contribution in [0.2, 0.25) is 0 Å². The largest absolute Gasteiger partial charge is 0.461 e. The molecule has 0 aliphatic carbocycles. The molecule has 4 rings (SSSR count). The quantitative estimate of drug-likeness (QED) is 0.367. The molecule has 0 amide bonds. The summed E-state index contributed by atoms with van der Waals surface area (Å²) in [4.78, 5) is 20.8. The number of nitrogens with zero attached hydrogens (tertiary/aromatic N) is 2. The number of fused-ring (bicyclic) bond motifs is 1. The number of esters is 1. The molecule has 2 saturated heterocycles. The van der Waals surface area contributed by atoms with Crippen molar-refractivity contribution in [1.82, 2.24) is 20.3 Å². The Morgan fingerprint density at radius 2 is 1.97 bits per heavy atom. The summed E-state index contributed by atoms with van der Waals surface area (Å²) < 4.78 is 5.86. The number of benzene rings is 1. The zero-order valence-electron chi connectivity index (χ0n) is 18.6. The van der Waals surface area contributed by atoms with Crippen LogP contribution in [-0.4, -0.2) is 55.0 Å². The minimum atomic E-state index is -1.09. The van der Waals surface area contributed by atoms with Gasteiger partial charge in [0.25, 0.3) is 0 Å². The zero-order valence-corrected chi connectivity index (χ0v) is 18.6. The average Bonchev–Trinajstić information content (AvgIpc) is 3.31. The number of piperidine rings is 1. The molecule has 1 aromatic heterocycles. The van der Waals surface area contributed by atoms with Gasteiger partial charge >= 0.3 is 5.97 Å². The lowest BCUT2D eigenvalue weighted by molar-refractivity contribution is -0.252. The van der Waals surface area contributed by atoms with Crippen molar-refractivity contribution in [2.45, 2.75) is 76.4 Å². The number of para-hydroxylation sites is 1. The number of hydroxylamine groups is 2. The van der Waals surface area contributed by atoms with Gasteiger partial charge in [0, 0.05) is 29.6 Å². The molecule has 1 aromatic carbocycles. The van der Waals surface area contributed by atoms with E-state index in [9.17, 15) is 15.1 Å². The van der Waals surface area contributed by atoms with E-state index in [0.29, 0.717) is 36.9 Å². The highest BCUT2D eigenvalue weighted by Crippen LogP contribution is 2.40. The summed E-state index contributed by atoms with van der Waals surface area (Å²) in [6, 6.07) is 5.38. The number of carbonyl (C=O) groups excluding carboxylic acids is 1. The summed E-state index contributed by atoms with van der Waals surface area (Å²) in [7, 11) is 0. The highest BCUT2D eigenvalue weighted by molar-refractivity contribution is 5.79. The maximum Gasteiger partial charge on any atom is 0.309 e. The van der Waals surface area contributed by atoms with Crippen molar-refractivity contribution in [2.75, 3.05) is 6.54 Å². The number of carbonyl (C=O) groups is 1. The summed E-state index contributed by atoms with van der Waals surface area (Å²) in [5, 5.41) is 25.0. The third-order valence-corrected chi connectivity index (χ3v) is 6.56. The van der Waals surface area contributed by atoms with E-state index >= 15 is 0 Å². The number of H-pyrrole nitrogens is 1. The van der Waals surface area contributed by atoms with Crippen molar-refractivity contribution in [3.8, 4) is 0 Å². The van der Waals surface area contributed by atoms with Crippen molar-refractivity contribution in [2.24, 2.45) is 11.7 Å². The lowest BCUT2D eigenvalue weighted by Gasteiger charge is -2.50. The topological polar surface area (TPSA) is 137 Å². The van der Waals surface area contributed by atoms with Crippen LogP contribution >= 0.6 is 0 Å². The molecule has 0 saturated carbocycles. The maximum atomic E-state index is 12.9. The fourth-order valence-electron chi connectivity index (χ4n) is 5.18. The number of nitrogens with one attached hydrogen (secondary N) is 2. The predicted molar refractivity (Wildman–Crippen MR) is 115 cm³/mol. The van der Waals surface area contributed by atoms with Gasteiger partial charge in [-0.2, -0.15) is 5.06 Å². The second-order valence-electron chi connectivity index (χ2n) is 10.1. The third-order valence-electron chi connectivity index (χ3n) is 6.56. The Morgan fingerprint density at radius 3 is 2.61 bits per heavy atom. The normalized spacial score (nSPS) is 27.5. The molecule has 0 radical (unpaired) electrons. The Kier molecular flexibility index (Phi) is 5.60. The predicted octanol–water partition coefficient (Wildman–Crippen LogP) is 2.12. The minimum Gasteiger partial charge on any atom is -0.461 e. The third kappa shape index (κ3) is 4.20. The van der Waals surface area contributed by atoms with Crippen molar-refractivity contribution >= 4 is 17.0 Å². The first-order valence-electron chi connectivity index (χ1n) is 10.8. The Morgan fingerprint density at radius 1 is 1.29 bits per heavy atom. The number of imidazole rings is 1. The number of rotatable bonds is 4. The molecule has 0 bridgehead atoms. The molecule has 170 valence electrons. The van der Waals surface area contributed by atoms with E-state index < -0.39 is 17.3 Å². The molecule has 3 heterocycles. The summed E-state index contributed by atoms with van der Waals surface area (Å²) in [5.74, 6) is 0.268. The van der Waals surface area contributed by atoms with E-state index in [2.05, 4.69) is 15.3 Å².